The Labute approximate surface area is 143 Å². The molecule has 0 aliphatic rings. The third-order valence-electron chi connectivity index (χ3n) is 4.54. The van der Waals surface area contributed by atoms with E-state index in [1.165, 1.54) is 64.2 Å². The first-order valence-corrected chi connectivity index (χ1v) is 9.77. The van der Waals surface area contributed by atoms with E-state index < -0.39 is 0 Å². The monoisotopic (exact) mass is 319 g/mol. The minimum atomic E-state index is 0.439. The Bertz CT molecular complexity index is 377. The second-order valence-electron chi connectivity index (χ2n) is 6.73. The lowest BCUT2D eigenvalue weighted by Gasteiger charge is -2.23. The fraction of sp³-hybridized carbons (Fsp3) is 0.714. The molecule has 0 aliphatic heterocycles. The van der Waals surface area contributed by atoms with Crippen LogP contribution >= 0.6 is 0 Å². The molecule has 1 aromatic carbocycles. The predicted octanol–water partition coefficient (Wildman–Crippen LogP) is 6.14. The molecular weight excluding hydrogens is 282 g/mol. The van der Waals surface area contributed by atoms with E-state index in [9.17, 15) is 5.11 Å². The lowest BCUT2D eigenvalue weighted by Crippen LogP contribution is -2.25. The van der Waals surface area contributed by atoms with Gasteiger partial charge in [0.05, 0.1) is 0 Å². The average molecular weight is 320 g/mol. The molecular formula is C21H37NO. The van der Waals surface area contributed by atoms with E-state index in [0.29, 0.717) is 5.75 Å². The highest BCUT2D eigenvalue weighted by molar-refractivity contribution is 5.31. The Hall–Kier alpha value is -1.02. The molecule has 0 saturated heterocycles. The molecule has 2 nitrogen and oxygen atoms in total. The number of phenols is 1. The van der Waals surface area contributed by atoms with Gasteiger partial charge in [-0.15, -0.1) is 0 Å². The molecule has 0 atom stereocenters. The summed E-state index contributed by atoms with van der Waals surface area (Å²) in [5.41, 5.74) is 1.06. The summed E-state index contributed by atoms with van der Waals surface area (Å²) in [6, 6.07) is 7.78. The van der Waals surface area contributed by atoms with Gasteiger partial charge in [-0.2, -0.15) is 0 Å². The summed E-state index contributed by atoms with van der Waals surface area (Å²) < 4.78 is 0. The van der Waals surface area contributed by atoms with Crippen molar-refractivity contribution in [2.75, 3.05) is 13.1 Å². The maximum Gasteiger partial charge on any atom is 0.120 e. The Morgan fingerprint density at radius 1 is 0.739 bits per heavy atom. The number of para-hydroxylation sites is 1. The van der Waals surface area contributed by atoms with Gasteiger partial charge in [0.1, 0.15) is 5.75 Å². The van der Waals surface area contributed by atoms with Crippen LogP contribution in [0.25, 0.3) is 0 Å². The maximum atomic E-state index is 10.0. The standard InChI is InChI=1S/C21H37NO/c1-3-5-7-9-13-17-22(18-14-10-8-6-4-2)19-20-15-11-12-16-21(20)23/h11-12,15-16,23H,3-10,13-14,17-19H2,1-2H3. The molecule has 1 N–H and O–H groups in total. The molecule has 0 saturated carbocycles. The number of hydrogen-bond donors (Lipinski definition) is 1. The minimum absolute atomic E-state index is 0.439. The fourth-order valence-electron chi connectivity index (χ4n) is 3.03. The van der Waals surface area contributed by atoms with E-state index in [4.69, 9.17) is 0 Å². The van der Waals surface area contributed by atoms with Gasteiger partial charge in [0.2, 0.25) is 0 Å². The predicted molar refractivity (Wildman–Crippen MR) is 101 cm³/mol. The van der Waals surface area contributed by atoms with Crippen LogP contribution in [0.2, 0.25) is 0 Å². The van der Waals surface area contributed by atoms with Crippen molar-refractivity contribution in [2.45, 2.75) is 84.6 Å². The van der Waals surface area contributed by atoms with Crippen molar-refractivity contribution >= 4 is 0 Å². The quantitative estimate of drug-likeness (QED) is 0.417. The van der Waals surface area contributed by atoms with E-state index in [1.807, 2.05) is 12.1 Å². The first-order chi connectivity index (χ1) is 11.3. The van der Waals surface area contributed by atoms with Crippen LogP contribution in [-0.4, -0.2) is 23.1 Å². The summed E-state index contributed by atoms with van der Waals surface area (Å²) in [5.74, 6) is 0.439. The van der Waals surface area contributed by atoms with E-state index in [-0.39, 0.29) is 0 Å². The van der Waals surface area contributed by atoms with Gasteiger partial charge in [-0.3, -0.25) is 4.90 Å². The third-order valence-corrected chi connectivity index (χ3v) is 4.54. The Morgan fingerprint density at radius 2 is 1.26 bits per heavy atom. The van der Waals surface area contributed by atoms with E-state index in [1.54, 1.807) is 6.07 Å². The van der Waals surface area contributed by atoms with Crippen LogP contribution in [0.4, 0.5) is 0 Å². The molecule has 0 heterocycles. The molecule has 0 spiro atoms. The molecule has 0 unspecified atom stereocenters. The van der Waals surface area contributed by atoms with E-state index in [2.05, 4.69) is 24.8 Å². The van der Waals surface area contributed by atoms with Gasteiger partial charge in [-0.1, -0.05) is 83.4 Å². The molecule has 0 radical (unpaired) electrons. The van der Waals surface area contributed by atoms with Crippen LogP contribution in [-0.2, 0) is 6.54 Å². The normalized spacial score (nSPS) is 11.3. The topological polar surface area (TPSA) is 23.5 Å². The SMILES string of the molecule is CCCCCCCN(CCCCCCC)Cc1ccccc1O. The van der Waals surface area contributed by atoms with Gasteiger partial charge in [0.15, 0.2) is 0 Å². The lowest BCUT2D eigenvalue weighted by molar-refractivity contribution is 0.249. The lowest BCUT2D eigenvalue weighted by atomic mass is 10.1. The number of rotatable bonds is 14. The maximum absolute atomic E-state index is 10.0. The molecule has 2 heteroatoms. The van der Waals surface area contributed by atoms with Crippen molar-refractivity contribution < 1.29 is 5.11 Å². The molecule has 0 bridgehead atoms. The zero-order valence-corrected chi connectivity index (χ0v) is 15.4. The molecule has 0 aliphatic carbocycles. The number of hydrogen-bond acceptors (Lipinski definition) is 2. The second-order valence-corrected chi connectivity index (χ2v) is 6.73. The van der Waals surface area contributed by atoms with Crippen LogP contribution in [0.3, 0.4) is 0 Å². The van der Waals surface area contributed by atoms with E-state index >= 15 is 0 Å². The van der Waals surface area contributed by atoms with Crippen molar-refractivity contribution in [2.24, 2.45) is 0 Å². The minimum Gasteiger partial charge on any atom is -0.508 e. The summed E-state index contributed by atoms with van der Waals surface area (Å²) in [6.07, 6.45) is 13.3. The van der Waals surface area contributed by atoms with Gasteiger partial charge in [0, 0.05) is 12.1 Å². The molecule has 1 rings (SSSR count). The van der Waals surface area contributed by atoms with Crippen LogP contribution in [0.1, 0.15) is 83.6 Å². The number of benzene rings is 1. The largest absolute Gasteiger partial charge is 0.508 e. The summed E-state index contributed by atoms with van der Waals surface area (Å²) in [4.78, 5) is 2.53. The van der Waals surface area contributed by atoms with Crippen LogP contribution in [0.5, 0.6) is 5.75 Å². The first kappa shape index (κ1) is 20.0. The Morgan fingerprint density at radius 3 is 1.78 bits per heavy atom. The van der Waals surface area contributed by atoms with Crippen LogP contribution in [0.15, 0.2) is 24.3 Å². The van der Waals surface area contributed by atoms with Crippen molar-refractivity contribution in [3.63, 3.8) is 0 Å². The van der Waals surface area contributed by atoms with Gasteiger partial charge in [-0.25, -0.2) is 0 Å². The Kier molecular flexibility index (Phi) is 11.7. The van der Waals surface area contributed by atoms with Crippen molar-refractivity contribution in [3.05, 3.63) is 29.8 Å². The van der Waals surface area contributed by atoms with Gasteiger partial charge < -0.3 is 5.11 Å². The number of unbranched alkanes of at least 4 members (excludes halogenated alkanes) is 8. The molecule has 0 aromatic heterocycles. The van der Waals surface area contributed by atoms with Gasteiger partial charge in [-0.05, 0) is 32.0 Å². The summed E-state index contributed by atoms with van der Waals surface area (Å²) in [7, 11) is 0. The molecule has 132 valence electrons. The number of nitrogens with zero attached hydrogens (tertiary/aromatic N) is 1. The van der Waals surface area contributed by atoms with Gasteiger partial charge in [0.25, 0.3) is 0 Å². The first-order valence-electron chi connectivity index (χ1n) is 9.77. The average Bonchev–Trinajstić information content (AvgIpc) is 2.56. The van der Waals surface area contributed by atoms with Crippen LogP contribution in [0, 0.1) is 0 Å². The third kappa shape index (κ3) is 9.65. The smallest absolute Gasteiger partial charge is 0.120 e. The summed E-state index contributed by atoms with van der Waals surface area (Å²) in [5, 5.41) is 10.0. The fourth-order valence-corrected chi connectivity index (χ4v) is 3.03. The number of aromatic hydroxyl groups is 1. The molecule has 1 aromatic rings. The van der Waals surface area contributed by atoms with E-state index in [0.717, 1.165) is 25.2 Å². The van der Waals surface area contributed by atoms with Crippen molar-refractivity contribution in [1.29, 1.82) is 0 Å². The zero-order chi connectivity index (χ0) is 16.8. The zero-order valence-electron chi connectivity index (χ0n) is 15.4. The Balaban J connectivity index is 2.39. The highest BCUT2D eigenvalue weighted by Crippen LogP contribution is 2.19. The molecule has 0 fully saturated rings. The highest BCUT2D eigenvalue weighted by atomic mass is 16.3. The number of phenolic OH excluding ortho intramolecular Hbond substituents is 1. The highest BCUT2D eigenvalue weighted by Gasteiger charge is 2.08. The van der Waals surface area contributed by atoms with Gasteiger partial charge >= 0.3 is 0 Å². The summed E-state index contributed by atoms with van der Waals surface area (Å²) in [6.45, 7) is 7.73. The molecule has 0 amide bonds. The summed E-state index contributed by atoms with van der Waals surface area (Å²) >= 11 is 0. The van der Waals surface area contributed by atoms with Crippen molar-refractivity contribution in [1.82, 2.24) is 4.90 Å². The second kappa shape index (κ2) is 13.4. The van der Waals surface area contributed by atoms with Crippen molar-refractivity contribution in [3.8, 4) is 5.75 Å². The van der Waals surface area contributed by atoms with Crippen LogP contribution < -0.4 is 0 Å². The molecule has 23 heavy (non-hydrogen) atoms.